The summed E-state index contributed by atoms with van der Waals surface area (Å²) < 4.78 is 0.612. The molecule has 0 aliphatic heterocycles. The Morgan fingerprint density at radius 1 is 1.50 bits per heavy atom. The number of benzene rings is 1. The quantitative estimate of drug-likeness (QED) is 0.486. The third-order valence-corrected chi connectivity index (χ3v) is 2.38. The summed E-state index contributed by atoms with van der Waals surface area (Å²) in [4.78, 5) is 21.5. The van der Waals surface area contributed by atoms with Crippen LogP contribution in [0.5, 0.6) is 0 Å². The Morgan fingerprint density at radius 3 is 2.75 bits per heavy atom. The third kappa shape index (κ3) is 3.42. The molecule has 1 aromatic rings. The predicted molar refractivity (Wildman–Crippen MR) is 65.2 cm³/mol. The largest absolute Gasteiger partial charge is 0.395 e. The van der Waals surface area contributed by atoms with Crippen LogP contribution in [0.2, 0.25) is 0 Å². The van der Waals surface area contributed by atoms with Gasteiger partial charge in [-0.3, -0.25) is 14.9 Å². The number of halogens is 1. The van der Waals surface area contributed by atoms with Crippen LogP contribution >= 0.6 is 22.6 Å². The van der Waals surface area contributed by atoms with Crippen LogP contribution in [0, 0.1) is 13.7 Å². The average molecular weight is 336 g/mol. The van der Waals surface area contributed by atoms with Gasteiger partial charge in [-0.05, 0) is 28.7 Å². The lowest BCUT2D eigenvalue weighted by atomic mass is 10.2. The minimum Gasteiger partial charge on any atom is -0.395 e. The molecule has 0 fully saturated rings. The number of amides is 1. The lowest BCUT2D eigenvalue weighted by molar-refractivity contribution is -0.385. The molecule has 0 saturated carbocycles. The van der Waals surface area contributed by atoms with Crippen LogP contribution in [0.1, 0.15) is 10.4 Å². The van der Waals surface area contributed by atoms with E-state index in [0.29, 0.717) is 3.57 Å². The van der Waals surface area contributed by atoms with Crippen molar-refractivity contribution in [3.8, 4) is 0 Å². The normalized spacial score (nSPS) is 9.88. The van der Waals surface area contributed by atoms with Crippen LogP contribution in [0.15, 0.2) is 18.2 Å². The summed E-state index contributed by atoms with van der Waals surface area (Å²) in [6.45, 7) is -0.0458. The molecule has 0 radical (unpaired) electrons. The molecule has 1 amide bonds. The molecule has 2 N–H and O–H groups in total. The summed E-state index contributed by atoms with van der Waals surface area (Å²) in [5, 5.41) is 21.5. The number of aliphatic hydroxyl groups is 1. The zero-order chi connectivity index (χ0) is 12.1. The molecule has 0 unspecified atom stereocenters. The van der Waals surface area contributed by atoms with Crippen molar-refractivity contribution >= 4 is 34.2 Å². The van der Waals surface area contributed by atoms with Gasteiger partial charge in [0.2, 0.25) is 0 Å². The number of rotatable bonds is 4. The van der Waals surface area contributed by atoms with Crippen molar-refractivity contribution < 1.29 is 14.8 Å². The number of carbonyl (C=O) groups excluding carboxylic acids is 1. The topological polar surface area (TPSA) is 92.5 Å². The maximum Gasteiger partial charge on any atom is 0.271 e. The number of hydrogen-bond acceptors (Lipinski definition) is 4. The highest BCUT2D eigenvalue weighted by Gasteiger charge is 2.13. The average Bonchev–Trinajstić information content (AvgIpc) is 2.24. The summed E-state index contributed by atoms with van der Waals surface area (Å²) in [7, 11) is 0. The molecule has 0 aromatic heterocycles. The van der Waals surface area contributed by atoms with Crippen LogP contribution in [0.25, 0.3) is 0 Å². The number of aliphatic hydroxyl groups excluding tert-OH is 1. The second-order valence-electron chi connectivity index (χ2n) is 2.93. The van der Waals surface area contributed by atoms with Crippen molar-refractivity contribution in [2.45, 2.75) is 0 Å². The van der Waals surface area contributed by atoms with Gasteiger partial charge < -0.3 is 10.4 Å². The number of non-ortho nitro benzene ring substituents is 1. The number of nitro groups is 1. The third-order valence-electron chi connectivity index (χ3n) is 1.75. The van der Waals surface area contributed by atoms with Gasteiger partial charge in [0.15, 0.2) is 0 Å². The monoisotopic (exact) mass is 336 g/mol. The summed E-state index contributed by atoms with van der Waals surface area (Å²) in [5.74, 6) is -0.435. The van der Waals surface area contributed by atoms with Crippen molar-refractivity contribution in [3.63, 3.8) is 0 Å². The fourth-order valence-corrected chi connectivity index (χ4v) is 1.74. The van der Waals surface area contributed by atoms with Crippen molar-refractivity contribution in [1.29, 1.82) is 0 Å². The standard InChI is InChI=1S/C9H9IN2O4/c10-7-3-6(9(14)11-1-2-13)4-8(5-7)12(15)16/h3-5,13H,1-2H2,(H,11,14). The Balaban J connectivity index is 2.95. The van der Waals surface area contributed by atoms with Crippen molar-refractivity contribution in [2.75, 3.05) is 13.2 Å². The van der Waals surface area contributed by atoms with Gasteiger partial charge >= 0.3 is 0 Å². The van der Waals surface area contributed by atoms with Gasteiger partial charge in [0, 0.05) is 27.8 Å². The second kappa shape index (κ2) is 5.75. The second-order valence-corrected chi connectivity index (χ2v) is 4.18. The maximum atomic E-state index is 11.5. The van der Waals surface area contributed by atoms with Gasteiger partial charge in [-0.15, -0.1) is 0 Å². The molecule has 0 heterocycles. The summed E-state index contributed by atoms with van der Waals surface area (Å²) in [5.41, 5.74) is 0.0908. The highest BCUT2D eigenvalue weighted by atomic mass is 127. The predicted octanol–water partition coefficient (Wildman–Crippen LogP) is 0.921. The zero-order valence-electron chi connectivity index (χ0n) is 8.14. The van der Waals surface area contributed by atoms with E-state index in [0.717, 1.165) is 0 Å². The van der Waals surface area contributed by atoms with Crippen molar-refractivity contribution in [2.24, 2.45) is 0 Å². The number of hydrogen-bond donors (Lipinski definition) is 2. The Hall–Kier alpha value is -1.22. The van der Waals surface area contributed by atoms with Crippen LogP contribution in [-0.2, 0) is 0 Å². The van der Waals surface area contributed by atoms with E-state index in [2.05, 4.69) is 5.32 Å². The fourth-order valence-electron chi connectivity index (χ4n) is 1.08. The molecule has 16 heavy (non-hydrogen) atoms. The van der Waals surface area contributed by atoms with Gasteiger partial charge in [-0.2, -0.15) is 0 Å². The van der Waals surface area contributed by atoms with Crippen LogP contribution < -0.4 is 5.32 Å². The molecule has 86 valence electrons. The van der Waals surface area contributed by atoms with Gasteiger partial charge in [0.05, 0.1) is 11.5 Å². The molecule has 0 atom stereocenters. The van der Waals surface area contributed by atoms with Gasteiger partial charge in [-0.25, -0.2) is 0 Å². The lowest BCUT2D eigenvalue weighted by Gasteiger charge is -2.03. The molecule has 1 rings (SSSR count). The molecule has 0 aliphatic rings. The van der Waals surface area contributed by atoms with Crippen molar-refractivity contribution in [3.05, 3.63) is 37.4 Å². The Bertz CT molecular complexity index is 422. The van der Waals surface area contributed by atoms with Gasteiger partial charge in [0.25, 0.3) is 11.6 Å². The first-order valence-corrected chi connectivity index (χ1v) is 5.46. The fraction of sp³-hybridized carbons (Fsp3) is 0.222. The van der Waals surface area contributed by atoms with E-state index in [4.69, 9.17) is 5.11 Å². The van der Waals surface area contributed by atoms with E-state index < -0.39 is 10.8 Å². The SMILES string of the molecule is O=C(NCCO)c1cc(I)cc([N+](=O)[O-])c1. The number of nitro benzene ring substituents is 1. The minimum atomic E-state index is -0.551. The Kier molecular flexibility index (Phi) is 4.62. The Labute approximate surface area is 105 Å². The van der Waals surface area contributed by atoms with E-state index >= 15 is 0 Å². The summed E-state index contributed by atoms with van der Waals surface area (Å²) >= 11 is 1.90. The van der Waals surface area contributed by atoms with Gasteiger partial charge in [0.1, 0.15) is 0 Å². The lowest BCUT2D eigenvalue weighted by Crippen LogP contribution is -2.26. The van der Waals surface area contributed by atoms with E-state index in [1.54, 1.807) is 6.07 Å². The summed E-state index contributed by atoms with van der Waals surface area (Å²) in [6.07, 6.45) is 0. The minimum absolute atomic E-state index is 0.123. The molecule has 0 bridgehead atoms. The maximum absolute atomic E-state index is 11.5. The highest BCUT2D eigenvalue weighted by Crippen LogP contribution is 2.18. The molecular weight excluding hydrogens is 327 g/mol. The van der Waals surface area contributed by atoms with Gasteiger partial charge in [-0.1, -0.05) is 0 Å². The molecule has 0 aliphatic carbocycles. The summed E-state index contributed by atoms with van der Waals surface area (Å²) in [6, 6.07) is 4.12. The van der Waals surface area contributed by atoms with Crippen LogP contribution in [0.4, 0.5) is 5.69 Å². The first-order valence-electron chi connectivity index (χ1n) is 4.38. The van der Waals surface area contributed by atoms with Crippen LogP contribution in [0.3, 0.4) is 0 Å². The molecule has 0 saturated heterocycles. The molecule has 6 nitrogen and oxygen atoms in total. The number of nitrogens with one attached hydrogen (secondary N) is 1. The zero-order valence-corrected chi connectivity index (χ0v) is 10.3. The van der Waals surface area contributed by atoms with E-state index in [1.165, 1.54) is 12.1 Å². The number of nitrogens with zero attached hydrogens (tertiary/aromatic N) is 1. The molecule has 7 heteroatoms. The highest BCUT2D eigenvalue weighted by molar-refractivity contribution is 14.1. The Morgan fingerprint density at radius 2 is 2.19 bits per heavy atom. The molecule has 0 spiro atoms. The molecular formula is C9H9IN2O4. The van der Waals surface area contributed by atoms with E-state index in [-0.39, 0.29) is 24.4 Å². The van der Waals surface area contributed by atoms with E-state index in [9.17, 15) is 14.9 Å². The van der Waals surface area contributed by atoms with Crippen molar-refractivity contribution in [1.82, 2.24) is 5.32 Å². The first-order chi connectivity index (χ1) is 7.54. The van der Waals surface area contributed by atoms with Crippen LogP contribution in [-0.4, -0.2) is 29.1 Å². The van der Waals surface area contributed by atoms with E-state index in [1.807, 2.05) is 22.6 Å². The first kappa shape index (κ1) is 12.8. The smallest absolute Gasteiger partial charge is 0.271 e. The molecule has 1 aromatic carbocycles. The number of carbonyl (C=O) groups is 1.